The Balaban J connectivity index is 1.99. The first-order chi connectivity index (χ1) is 13.6. The van der Waals surface area contributed by atoms with E-state index in [9.17, 15) is 9.18 Å². The first-order valence-corrected chi connectivity index (χ1v) is 10.0. The molecule has 1 fully saturated rings. The SMILES string of the molecule is CCc1cc(C(=O)N(CC)CC)c2c(C3CC3)nn(-c3ccc(F)cc3)c2n1. The molecule has 0 radical (unpaired) electrons. The maximum absolute atomic E-state index is 13.4. The van der Waals surface area contributed by atoms with E-state index < -0.39 is 0 Å². The molecule has 2 aromatic heterocycles. The van der Waals surface area contributed by atoms with Crippen LogP contribution in [0.1, 0.15) is 61.3 Å². The quantitative estimate of drug-likeness (QED) is 0.633. The molecule has 6 heteroatoms. The van der Waals surface area contributed by atoms with Gasteiger partial charge in [-0.2, -0.15) is 5.10 Å². The average molecular weight is 380 g/mol. The summed E-state index contributed by atoms with van der Waals surface area (Å²) in [5.74, 6) is 0.0941. The summed E-state index contributed by atoms with van der Waals surface area (Å²) in [6, 6.07) is 8.16. The minimum atomic E-state index is -0.290. The van der Waals surface area contributed by atoms with Crippen molar-refractivity contribution in [1.82, 2.24) is 19.7 Å². The van der Waals surface area contributed by atoms with Crippen LogP contribution in [0.4, 0.5) is 4.39 Å². The highest BCUT2D eigenvalue weighted by molar-refractivity contribution is 6.07. The molecule has 1 amide bonds. The zero-order valence-electron chi connectivity index (χ0n) is 16.6. The zero-order chi connectivity index (χ0) is 19.8. The van der Waals surface area contributed by atoms with E-state index in [0.29, 0.717) is 30.2 Å². The topological polar surface area (TPSA) is 51.0 Å². The number of aromatic nitrogens is 3. The third-order valence-electron chi connectivity index (χ3n) is 5.40. The van der Waals surface area contributed by atoms with Crippen molar-refractivity contribution >= 4 is 16.9 Å². The first kappa shape index (κ1) is 18.6. The lowest BCUT2D eigenvalue weighted by molar-refractivity contribution is 0.0774. The highest BCUT2D eigenvalue weighted by Crippen LogP contribution is 2.43. The molecular weight excluding hydrogens is 355 g/mol. The lowest BCUT2D eigenvalue weighted by Gasteiger charge is -2.19. The standard InChI is InChI=1S/C22H25FN4O/c1-4-16-13-18(22(28)26(5-2)6-3)19-20(14-7-8-14)25-27(21(19)24-16)17-11-9-15(23)10-12-17/h9-14H,4-8H2,1-3H3. The first-order valence-electron chi connectivity index (χ1n) is 10.0. The van der Waals surface area contributed by atoms with E-state index in [0.717, 1.165) is 41.7 Å². The molecule has 3 aromatic rings. The van der Waals surface area contributed by atoms with Crippen molar-refractivity contribution in [3.8, 4) is 5.69 Å². The van der Waals surface area contributed by atoms with Crippen molar-refractivity contribution < 1.29 is 9.18 Å². The molecule has 2 heterocycles. The van der Waals surface area contributed by atoms with Crippen LogP contribution >= 0.6 is 0 Å². The highest BCUT2D eigenvalue weighted by atomic mass is 19.1. The Hall–Kier alpha value is -2.76. The summed E-state index contributed by atoms with van der Waals surface area (Å²) < 4.78 is 15.2. The maximum atomic E-state index is 13.4. The van der Waals surface area contributed by atoms with Crippen molar-refractivity contribution in [3.05, 3.63) is 53.1 Å². The average Bonchev–Trinajstić information content (AvgIpc) is 3.49. The van der Waals surface area contributed by atoms with Crippen LogP contribution in [0.25, 0.3) is 16.7 Å². The summed E-state index contributed by atoms with van der Waals surface area (Å²) in [6.07, 6.45) is 2.87. The third-order valence-corrected chi connectivity index (χ3v) is 5.40. The molecule has 4 rings (SSSR count). The molecule has 1 saturated carbocycles. The fraction of sp³-hybridized carbons (Fsp3) is 0.409. The molecule has 0 unspecified atom stereocenters. The number of pyridine rings is 1. The van der Waals surface area contributed by atoms with Crippen LogP contribution in [0.3, 0.4) is 0 Å². The Labute approximate surface area is 164 Å². The van der Waals surface area contributed by atoms with Crippen LogP contribution in [-0.2, 0) is 6.42 Å². The number of rotatable bonds is 6. The van der Waals surface area contributed by atoms with E-state index in [1.165, 1.54) is 12.1 Å². The molecule has 1 aromatic carbocycles. The third kappa shape index (κ3) is 3.17. The van der Waals surface area contributed by atoms with Gasteiger partial charge in [-0.1, -0.05) is 6.92 Å². The summed E-state index contributed by atoms with van der Waals surface area (Å²) in [5, 5.41) is 5.69. The van der Waals surface area contributed by atoms with Gasteiger partial charge in [0.2, 0.25) is 0 Å². The van der Waals surface area contributed by atoms with Crippen LogP contribution in [0.5, 0.6) is 0 Å². The molecule has 146 valence electrons. The van der Waals surface area contributed by atoms with E-state index >= 15 is 0 Å². The van der Waals surface area contributed by atoms with Crippen LogP contribution in [0.2, 0.25) is 0 Å². The van der Waals surface area contributed by atoms with Gasteiger partial charge in [0.1, 0.15) is 5.82 Å². The van der Waals surface area contributed by atoms with Crippen LogP contribution in [-0.4, -0.2) is 38.7 Å². The number of benzene rings is 1. The second-order valence-corrected chi connectivity index (χ2v) is 7.24. The fourth-order valence-corrected chi connectivity index (χ4v) is 3.63. The van der Waals surface area contributed by atoms with Crippen LogP contribution in [0.15, 0.2) is 30.3 Å². The Morgan fingerprint density at radius 3 is 2.43 bits per heavy atom. The number of amides is 1. The highest BCUT2D eigenvalue weighted by Gasteiger charge is 2.33. The van der Waals surface area contributed by atoms with Gasteiger partial charge in [0, 0.05) is 24.7 Å². The molecule has 1 aliphatic carbocycles. The number of halogens is 1. The molecule has 0 saturated heterocycles. The molecule has 0 bridgehead atoms. The normalized spacial score (nSPS) is 13.9. The van der Waals surface area contributed by atoms with Crippen molar-refractivity contribution in [2.24, 2.45) is 0 Å². The summed E-state index contributed by atoms with van der Waals surface area (Å²) >= 11 is 0. The zero-order valence-corrected chi connectivity index (χ0v) is 16.6. The Morgan fingerprint density at radius 2 is 1.86 bits per heavy atom. The maximum Gasteiger partial charge on any atom is 0.254 e. The van der Waals surface area contributed by atoms with Gasteiger partial charge in [0.15, 0.2) is 5.65 Å². The van der Waals surface area contributed by atoms with Gasteiger partial charge in [-0.25, -0.2) is 14.1 Å². The number of carbonyl (C=O) groups excluding carboxylic acids is 1. The second-order valence-electron chi connectivity index (χ2n) is 7.24. The van der Waals surface area contributed by atoms with E-state index in [-0.39, 0.29) is 11.7 Å². The summed E-state index contributed by atoms with van der Waals surface area (Å²) in [6.45, 7) is 7.33. The number of carbonyl (C=O) groups is 1. The van der Waals surface area contributed by atoms with E-state index in [1.54, 1.807) is 16.8 Å². The number of fused-ring (bicyclic) bond motifs is 1. The van der Waals surface area contributed by atoms with Crippen LogP contribution in [0, 0.1) is 5.82 Å². The monoisotopic (exact) mass is 380 g/mol. The van der Waals surface area contributed by atoms with Crippen molar-refractivity contribution in [1.29, 1.82) is 0 Å². The molecule has 0 aliphatic heterocycles. The van der Waals surface area contributed by atoms with E-state index in [4.69, 9.17) is 10.1 Å². The molecule has 0 spiro atoms. The smallest absolute Gasteiger partial charge is 0.254 e. The number of aryl methyl sites for hydroxylation is 1. The lowest BCUT2D eigenvalue weighted by atomic mass is 10.0. The van der Waals surface area contributed by atoms with Crippen molar-refractivity contribution in [3.63, 3.8) is 0 Å². The van der Waals surface area contributed by atoms with Gasteiger partial charge in [0.25, 0.3) is 5.91 Å². The molecular formula is C22H25FN4O. The number of nitrogens with zero attached hydrogens (tertiary/aromatic N) is 4. The second kappa shape index (κ2) is 7.34. The summed E-state index contributed by atoms with van der Waals surface area (Å²) in [4.78, 5) is 19.9. The molecule has 28 heavy (non-hydrogen) atoms. The van der Waals surface area contributed by atoms with Gasteiger partial charge >= 0.3 is 0 Å². The van der Waals surface area contributed by atoms with Gasteiger partial charge in [0.05, 0.1) is 22.3 Å². The Morgan fingerprint density at radius 1 is 1.18 bits per heavy atom. The Kier molecular flexibility index (Phi) is 4.87. The molecule has 5 nitrogen and oxygen atoms in total. The fourth-order valence-electron chi connectivity index (χ4n) is 3.63. The van der Waals surface area contributed by atoms with Crippen LogP contribution < -0.4 is 0 Å². The van der Waals surface area contributed by atoms with Gasteiger partial charge < -0.3 is 4.90 Å². The largest absolute Gasteiger partial charge is 0.339 e. The minimum absolute atomic E-state index is 0.0210. The van der Waals surface area contributed by atoms with Crippen molar-refractivity contribution in [2.75, 3.05) is 13.1 Å². The lowest BCUT2D eigenvalue weighted by Crippen LogP contribution is -2.30. The van der Waals surface area contributed by atoms with E-state index in [2.05, 4.69) is 0 Å². The van der Waals surface area contributed by atoms with E-state index in [1.807, 2.05) is 31.7 Å². The predicted octanol–water partition coefficient (Wildman–Crippen LogP) is 4.48. The molecule has 1 aliphatic rings. The summed E-state index contributed by atoms with van der Waals surface area (Å²) in [5.41, 5.74) is 3.91. The molecule has 0 atom stereocenters. The Bertz CT molecular complexity index is 1020. The number of hydrogen-bond donors (Lipinski definition) is 0. The molecule has 0 N–H and O–H groups in total. The summed E-state index contributed by atoms with van der Waals surface area (Å²) in [7, 11) is 0. The van der Waals surface area contributed by atoms with Gasteiger partial charge in [-0.05, 0) is 63.4 Å². The van der Waals surface area contributed by atoms with Crippen molar-refractivity contribution in [2.45, 2.75) is 46.0 Å². The minimum Gasteiger partial charge on any atom is -0.339 e. The number of hydrogen-bond acceptors (Lipinski definition) is 3. The predicted molar refractivity (Wildman–Crippen MR) is 107 cm³/mol. The van der Waals surface area contributed by atoms with Gasteiger partial charge in [-0.3, -0.25) is 4.79 Å². The van der Waals surface area contributed by atoms with Gasteiger partial charge in [-0.15, -0.1) is 0 Å².